The first-order chi connectivity index (χ1) is 9.38. The Balaban J connectivity index is 2.37. The van der Waals surface area contributed by atoms with Gasteiger partial charge in [0.15, 0.2) is 0 Å². The summed E-state index contributed by atoms with van der Waals surface area (Å²) < 4.78 is 0. The molecule has 0 saturated heterocycles. The van der Waals surface area contributed by atoms with E-state index in [1.54, 1.807) is 0 Å². The first-order valence-electron chi connectivity index (χ1n) is 6.48. The van der Waals surface area contributed by atoms with Crippen LogP contribution < -0.4 is 0 Å². The van der Waals surface area contributed by atoms with Crippen LogP contribution in [0.15, 0.2) is 54.6 Å². The van der Waals surface area contributed by atoms with Crippen LogP contribution in [0.5, 0.6) is 0 Å². The number of hydrogen-bond donors (Lipinski definition) is 0. The molecule has 0 nitrogen and oxygen atoms in total. The van der Waals surface area contributed by atoms with Crippen molar-refractivity contribution in [3.8, 4) is 11.8 Å². The molecule has 0 aromatic heterocycles. The normalized spacial score (nSPS) is 11.0. The lowest BCUT2D eigenvalue weighted by Crippen LogP contribution is -1.86. The van der Waals surface area contributed by atoms with Gasteiger partial charge in [-0.05, 0) is 45.3 Å². The van der Waals surface area contributed by atoms with Crippen molar-refractivity contribution in [3.63, 3.8) is 0 Å². The van der Waals surface area contributed by atoms with Crippen LogP contribution >= 0.6 is 0 Å². The Morgan fingerprint density at radius 2 is 1.32 bits per heavy atom. The molecule has 4 aromatic rings. The molecule has 88 valence electrons. The molecular weight excluding hydrogens is 228 g/mol. The van der Waals surface area contributed by atoms with E-state index in [0.29, 0.717) is 0 Å². The predicted molar refractivity (Wildman–Crippen MR) is 82.7 cm³/mol. The molecule has 0 aliphatic rings. The molecule has 0 heteroatoms. The molecule has 0 amide bonds. The van der Waals surface area contributed by atoms with Gasteiger partial charge in [-0.3, -0.25) is 0 Å². The maximum absolute atomic E-state index is 3.21. The zero-order valence-electron chi connectivity index (χ0n) is 10.7. The molecule has 0 heterocycles. The fraction of sp³-hybridized carbons (Fsp3) is 0.0526. The zero-order valence-corrected chi connectivity index (χ0v) is 10.7. The average Bonchev–Trinajstić information content (AvgIpc) is 2.46. The summed E-state index contributed by atoms with van der Waals surface area (Å²) in [5, 5.41) is 7.86. The summed E-state index contributed by atoms with van der Waals surface area (Å²) in [7, 11) is 0. The summed E-state index contributed by atoms with van der Waals surface area (Å²) in [6.45, 7) is 1.89. The van der Waals surface area contributed by atoms with Crippen LogP contribution in [-0.4, -0.2) is 0 Å². The van der Waals surface area contributed by atoms with Crippen LogP contribution in [0.25, 0.3) is 32.3 Å². The van der Waals surface area contributed by atoms with Crippen molar-refractivity contribution in [2.45, 2.75) is 6.92 Å². The second kappa shape index (κ2) is 3.73. The molecule has 0 atom stereocenters. The second-order valence-electron chi connectivity index (χ2n) is 4.84. The Hall–Kier alpha value is -2.52. The van der Waals surface area contributed by atoms with Gasteiger partial charge in [-0.2, -0.15) is 0 Å². The molecule has 0 aliphatic carbocycles. The van der Waals surface area contributed by atoms with Gasteiger partial charge >= 0.3 is 0 Å². The highest BCUT2D eigenvalue weighted by molar-refractivity contribution is 6.23. The van der Waals surface area contributed by atoms with E-state index in [4.69, 9.17) is 0 Å². The van der Waals surface area contributed by atoms with Crippen LogP contribution in [0.1, 0.15) is 12.5 Å². The van der Waals surface area contributed by atoms with E-state index in [2.05, 4.69) is 66.4 Å². The van der Waals surface area contributed by atoms with Gasteiger partial charge in [0, 0.05) is 5.56 Å². The summed E-state index contributed by atoms with van der Waals surface area (Å²) in [4.78, 5) is 0. The quantitative estimate of drug-likeness (QED) is 0.301. The van der Waals surface area contributed by atoms with Gasteiger partial charge in [-0.25, -0.2) is 0 Å². The highest BCUT2D eigenvalue weighted by Crippen LogP contribution is 2.35. The zero-order chi connectivity index (χ0) is 12.8. The van der Waals surface area contributed by atoms with Crippen molar-refractivity contribution in [3.05, 3.63) is 60.2 Å². The summed E-state index contributed by atoms with van der Waals surface area (Å²) in [6.07, 6.45) is 0. The minimum atomic E-state index is 1.12. The van der Waals surface area contributed by atoms with Crippen molar-refractivity contribution in [2.24, 2.45) is 0 Å². The van der Waals surface area contributed by atoms with Crippen molar-refractivity contribution >= 4 is 32.3 Å². The van der Waals surface area contributed by atoms with E-state index in [-0.39, 0.29) is 0 Å². The maximum atomic E-state index is 3.21. The monoisotopic (exact) mass is 240 g/mol. The molecule has 0 saturated carbocycles. The molecule has 4 aromatic carbocycles. The molecule has 0 unspecified atom stereocenters. The Bertz CT molecular complexity index is 949. The van der Waals surface area contributed by atoms with Crippen molar-refractivity contribution in [1.82, 2.24) is 0 Å². The van der Waals surface area contributed by atoms with E-state index in [9.17, 15) is 0 Å². The van der Waals surface area contributed by atoms with Crippen molar-refractivity contribution in [1.29, 1.82) is 0 Å². The lowest BCUT2D eigenvalue weighted by molar-refractivity contribution is 1.73. The third-order valence-electron chi connectivity index (χ3n) is 3.79. The van der Waals surface area contributed by atoms with Crippen LogP contribution in [0.3, 0.4) is 0 Å². The molecule has 19 heavy (non-hydrogen) atoms. The molecule has 0 fully saturated rings. The Morgan fingerprint density at radius 1 is 0.684 bits per heavy atom. The molecule has 0 bridgehead atoms. The van der Waals surface area contributed by atoms with Crippen LogP contribution in [0, 0.1) is 11.8 Å². The number of rotatable bonds is 0. The third-order valence-corrected chi connectivity index (χ3v) is 3.79. The standard InChI is InChI=1S/C19H12/c1-2-4-13-7-8-16-10-9-14-5-3-6-15-11-12-17(13)19(16)18(14)15/h3,5-12H,1H3. The van der Waals surface area contributed by atoms with Gasteiger partial charge in [-0.1, -0.05) is 54.5 Å². The van der Waals surface area contributed by atoms with E-state index in [0.717, 1.165) is 5.56 Å². The third kappa shape index (κ3) is 1.36. The average molecular weight is 240 g/mol. The number of benzene rings is 4. The Kier molecular flexibility index (Phi) is 2.05. The minimum Gasteiger partial charge on any atom is -0.101 e. The maximum Gasteiger partial charge on any atom is 0.0324 e. The van der Waals surface area contributed by atoms with E-state index in [1.165, 1.54) is 32.3 Å². The molecule has 0 N–H and O–H groups in total. The van der Waals surface area contributed by atoms with Crippen molar-refractivity contribution in [2.75, 3.05) is 0 Å². The van der Waals surface area contributed by atoms with Gasteiger partial charge in [0.05, 0.1) is 0 Å². The van der Waals surface area contributed by atoms with E-state index >= 15 is 0 Å². The van der Waals surface area contributed by atoms with Crippen LogP contribution in [0.4, 0.5) is 0 Å². The first-order valence-corrected chi connectivity index (χ1v) is 6.48. The van der Waals surface area contributed by atoms with Gasteiger partial charge < -0.3 is 0 Å². The number of hydrogen-bond acceptors (Lipinski definition) is 0. The van der Waals surface area contributed by atoms with Crippen molar-refractivity contribution < 1.29 is 0 Å². The summed E-state index contributed by atoms with van der Waals surface area (Å²) in [5.74, 6) is 6.22. The second-order valence-corrected chi connectivity index (χ2v) is 4.84. The summed E-state index contributed by atoms with van der Waals surface area (Å²) in [5.41, 5.74) is 1.12. The Labute approximate surface area is 112 Å². The van der Waals surface area contributed by atoms with Gasteiger partial charge in [-0.15, -0.1) is 5.92 Å². The lowest BCUT2D eigenvalue weighted by Gasteiger charge is -2.11. The predicted octanol–water partition coefficient (Wildman–Crippen LogP) is 4.96. The summed E-state index contributed by atoms with van der Waals surface area (Å²) >= 11 is 0. The van der Waals surface area contributed by atoms with Gasteiger partial charge in [0.1, 0.15) is 0 Å². The summed E-state index contributed by atoms with van der Waals surface area (Å²) in [6, 6.07) is 19.6. The van der Waals surface area contributed by atoms with E-state index in [1.807, 2.05) is 6.92 Å². The molecule has 0 spiro atoms. The molecule has 0 radical (unpaired) electrons. The Morgan fingerprint density at radius 3 is 2.05 bits per heavy atom. The van der Waals surface area contributed by atoms with Crippen LogP contribution in [0.2, 0.25) is 0 Å². The minimum absolute atomic E-state index is 1.12. The fourth-order valence-electron chi connectivity index (χ4n) is 2.98. The van der Waals surface area contributed by atoms with E-state index < -0.39 is 0 Å². The first kappa shape index (κ1) is 10.4. The van der Waals surface area contributed by atoms with Gasteiger partial charge in [0.2, 0.25) is 0 Å². The van der Waals surface area contributed by atoms with Crippen LogP contribution in [-0.2, 0) is 0 Å². The fourth-order valence-corrected chi connectivity index (χ4v) is 2.98. The smallest absolute Gasteiger partial charge is 0.0324 e. The molecule has 0 aliphatic heterocycles. The van der Waals surface area contributed by atoms with Gasteiger partial charge in [0.25, 0.3) is 0 Å². The highest BCUT2D eigenvalue weighted by atomic mass is 14.1. The lowest BCUT2D eigenvalue weighted by atomic mass is 9.92. The topological polar surface area (TPSA) is 0 Å². The largest absolute Gasteiger partial charge is 0.101 e. The molecular formula is C19H12. The highest BCUT2D eigenvalue weighted by Gasteiger charge is 2.09. The SMILES string of the molecule is CC#Cc1ccc2ccc3cccc4ccc1c2c34. The molecule has 4 rings (SSSR count).